The van der Waals surface area contributed by atoms with Crippen LogP contribution in [0.25, 0.3) is 11.0 Å². The summed E-state index contributed by atoms with van der Waals surface area (Å²) in [5.74, 6) is 1.90. The highest BCUT2D eigenvalue weighted by atomic mass is 16.5. The van der Waals surface area contributed by atoms with E-state index in [0.29, 0.717) is 32.4 Å². The first-order chi connectivity index (χ1) is 16.2. The monoisotopic (exact) mass is 447 g/mol. The topological polar surface area (TPSA) is 90.6 Å². The fourth-order valence-electron chi connectivity index (χ4n) is 4.49. The van der Waals surface area contributed by atoms with Gasteiger partial charge in [0.05, 0.1) is 17.6 Å². The second-order valence-corrected chi connectivity index (χ2v) is 8.62. The molecule has 3 aromatic rings. The highest BCUT2D eigenvalue weighted by molar-refractivity contribution is 5.94. The molecule has 2 aliphatic heterocycles. The molecule has 1 saturated heterocycles. The Morgan fingerprint density at radius 1 is 1.06 bits per heavy atom. The summed E-state index contributed by atoms with van der Waals surface area (Å²) in [5.41, 5.74) is 3.97. The van der Waals surface area contributed by atoms with Crippen molar-refractivity contribution >= 4 is 34.5 Å². The lowest BCUT2D eigenvalue weighted by molar-refractivity contribution is -0.131. The molecule has 0 atom stereocenters. The third-order valence-electron chi connectivity index (χ3n) is 6.30. The minimum Gasteiger partial charge on any atom is -0.494 e. The maximum absolute atomic E-state index is 12.8. The lowest BCUT2D eigenvalue weighted by Gasteiger charge is -2.22. The van der Waals surface area contributed by atoms with Gasteiger partial charge in [0, 0.05) is 44.7 Å². The zero-order valence-corrected chi connectivity index (χ0v) is 18.7. The van der Waals surface area contributed by atoms with Gasteiger partial charge >= 0.3 is 0 Å². The number of ether oxygens (including phenoxy) is 1. The number of carbonyl (C=O) groups excluding carboxylic acids is 2. The number of hydrogen-bond acceptors (Lipinski definition) is 5. The van der Waals surface area contributed by atoms with E-state index in [1.165, 1.54) is 0 Å². The summed E-state index contributed by atoms with van der Waals surface area (Å²) in [6.07, 6.45) is 3.32. The van der Waals surface area contributed by atoms with Crippen LogP contribution < -0.4 is 15.0 Å². The zero-order chi connectivity index (χ0) is 22.6. The normalized spacial score (nSPS) is 16.3. The number of aryl methyl sites for hydroxylation is 1. The first-order valence-corrected chi connectivity index (χ1v) is 11.7. The van der Waals surface area contributed by atoms with Crippen molar-refractivity contribution in [2.45, 2.75) is 32.1 Å². The van der Waals surface area contributed by atoms with E-state index in [1.807, 2.05) is 47.4 Å². The Morgan fingerprint density at radius 2 is 1.97 bits per heavy atom. The first kappa shape index (κ1) is 21.3. The lowest BCUT2D eigenvalue weighted by atomic mass is 10.0. The summed E-state index contributed by atoms with van der Waals surface area (Å²) < 4.78 is 5.86. The SMILES string of the molecule is O=C1CCc2cc(OCCCC(=O)N3CCCN(c4nc5ccccc5[nH]4)CC3)ccc2N1. The molecule has 2 aliphatic rings. The van der Waals surface area contributed by atoms with Gasteiger partial charge in [-0.1, -0.05) is 12.1 Å². The molecule has 2 N–H and O–H groups in total. The minimum atomic E-state index is 0.0592. The number of fused-ring (bicyclic) bond motifs is 2. The molecule has 8 nitrogen and oxygen atoms in total. The standard InChI is InChI=1S/C25H29N5O3/c31-23-11-8-18-17-19(9-10-20(18)26-23)33-16-3-7-24(32)29-12-4-13-30(15-14-29)25-27-21-5-1-2-6-22(21)28-25/h1-2,5-6,9-10,17H,3-4,7-8,11-16H2,(H,26,31)(H,27,28). The Hall–Kier alpha value is -3.55. The van der Waals surface area contributed by atoms with Crippen LogP contribution >= 0.6 is 0 Å². The molecule has 1 aromatic heterocycles. The molecular formula is C25H29N5O3. The van der Waals surface area contributed by atoms with Crippen LogP contribution in [-0.2, 0) is 16.0 Å². The van der Waals surface area contributed by atoms with Gasteiger partial charge in [-0.3, -0.25) is 9.59 Å². The highest BCUT2D eigenvalue weighted by Crippen LogP contribution is 2.27. The van der Waals surface area contributed by atoms with Gasteiger partial charge < -0.3 is 24.8 Å². The van der Waals surface area contributed by atoms with Gasteiger partial charge in [-0.15, -0.1) is 0 Å². The van der Waals surface area contributed by atoms with E-state index in [2.05, 4.69) is 15.2 Å². The van der Waals surface area contributed by atoms with Crippen molar-refractivity contribution in [2.24, 2.45) is 0 Å². The average Bonchev–Trinajstić information content (AvgIpc) is 3.11. The van der Waals surface area contributed by atoms with Gasteiger partial charge in [-0.05, 0) is 55.2 Å². The number of aromatic amines is 1. The summed E-state index contributed by atoms with van der Waals surface area (Å²) in [6, 6.07) is 13.8. The molecule has 0 aliphatic carbocycles. The summed E-state index contributed by atoms with van der Waals surface area (Å²) in [7, 11) is 0. The van der Waals surface area contributed by atoms with Gasteiger partial charge in [0.1, 0.15) is 5.75 Å². The molecule has 33 heavy (non-hydrogen) atoms. The summed E-state index contributed by atoms with van der Waals surface area (Å²) in [5, 5.41) is 2.88. The van der Waals surface area contributed by atoms with Crippen molar-refractivity contribution in [3.05, 3.63) is 48.0 Å². The van der Waals surface area contributed by atoms with Crippen molar-refractivity contribution in [3.63, 3.8) is 0 Å². The second-order valence-electron chi connectivity index (χ2n) is 8.62. The van der Waals surface area contributed by atoms with E-state index < -0.39 is 0 Å². The van der Waals surface area contributed by atoms with Crippen LogP contribution in [0.4, 0.5) is 11.6 Å². The van der Waals surface area contributed by atoms with Crippen LogP contribution in [0.1, 0.15) is 31.2 Å². The number of H-pyrrole nitrogens is 1. The molecular weight excluding hydrogens is 418 g/mol. The lowest BCUT2D eigenvalue weighted by Crippen LogP contribution is -2.35. The summed E-state index contributed by atoms with van der Waals surface area (Å²) >= 11 is 0. The number of imidazole rings is 1. The van der Waals surface area contributed by atoms with Crippen LogP contribution in [-0.4, -0.2) is 59.5 Å². The highest BCUT2D eigenvalue weighted by Gasteiger charge is 2.21. The average molecular weight is 448 g/mol. The van der Waals surface area contributed by atoms with E-state index in [4.69, 9.17) is 9.72 Å². The summed E-state index contributed by atoms with van der Waals surface area (Å²) in [6.45, 7) is 3.62. The zero-order valence-electron chi connectivity index (χ0n) is 18.7. The molecule has 5 rings (SSSR count). The number of anilines is 2. The molecule has 172 valence electrons. The summed E-state index contributed by atoms with van der Waals surface area (Å²) in [4.78, 5) is 36.5. The van der Waals surface area contributed by atoms with E-state index in [0.717, 1.165) is 66.5 Å². The predicted octanol–water partition coefficient (Wildman–Crippen LogP) is 3.35. The number of para-hydroxylation sites is 2. The second kappa shape index (κ2) is 9.52. The molecule has 0 spiro atoms. The molecule has 0 radical (unpaired) electrons. The fourth-order valence-corrected chi connectivity index (χ4v) is 4.49. The molecule has 3 heterocycles. The third kappa shape index (κ3) is 4.94. The van der Waals surface area contributed by atoms with Crippen LogP contribution in [0.3, 0.4) is 0 Å². The van der Waals surface area contributed by atoms with Gasteiger partial charge in [-0.25, -0.2) is 4.98 Å². The Balaban J connectivity index is 1.08. The van der Waals surface area contributed by atoms with Gasteiger partial charge in [0.2, 0.25) is 17.8 Å². The van der Waals surface area contributed by atoms with Gasteiger partial charge in [0.25, 0.3) is 0 Å². The Kier molecular flexibility index (Phi) is 6.15. The number of benzene rings is 2. The number of nitrogens with zero attached hydrogens (tertiary/aromatic N) is 3. The minimum absolute atomic E-state index is 0.0592. The maximum Gasteiger partial charge on any atom is 0.224 e. The number of rotatable bonds is 6. The van der Waals surface area contributed by atoms with Crippen molar-refractivity contribution < 1.29 is 14.3 Å². The predicted molar refractivity (Wildman–Crippen MR) is 128 cm³/mol. The molecule has 2 aromatic carbocycles. The number of nitrogens with one attached hydrogen (secondary N) is 2. The quantitative estimate of drug-likeness (QED) is 0.566. The Bertz CT molecular complexity index is 1120. The van der Waals surface area contributed by atoms with Gasteiger partial charge in [0.15, 0.2) is 0 Å². The maximum atomic E-state index is 12.8. The Morgan fingerprint density at radius 3 is 2.88 bits per heavy atom. The van der Waals surface area contributed by atoms with E-state index in [-0.39, 0.29) is 11.8 Å². The fraction of sp³-hybridized carbons (Fsp3) is 0.400. The number of hydrogen-bond donors (Lipinski definition) is 2. The Labute approximate surface area is 192 Å². The largest absolute Gasteiger partial charge is 0.494 e. The van der Waals surface area contributed by atoms with Crippen molar-refractivity contribution in [3.8, 4) is 5.75 Å². The van der Waals surface area contributed by atoms with Crippen molar-refractivity contribution in [1.82, 2.24) is 14.9 Å². The first-order valence-electron chi connectivity index (χ1n) is 11.7. The molecule has 8 heteroatoms. The number of amides is 2. The van der Waals surface area contributed by atoms with Gasteiger partial charge in [-0.2, -0.15) is 0 Å². The van der Waals surface area contributed by atoms with E-state index in [9.17, 15) is 9.59 Å². The number of aromatic nitrogens is 2. The smallest absolute Gasteiger partial charge is 0.224 e. The molecule has 2 amide bonds. The van der Waals surface area contributed by atoms with Crippen LogP contribution in [0.2, 0.25) is 0 Å². The third-order valence-corrected chi connectivity index (χ3v) is 6.30. The van der Waals surface area contributed by atoms with Crippen LogP contribution in [0.15, 0.2) is 42.5 Å². The van der Waals surface area contributed by atoms with E-state index in [1.54, 1.807) is 0 Å². The number of carbonyl (C=O) groups is 2. The van der Waals surface area contributed by atoms with Crippen molar-refractivity contribution in [1.29, 1.82) is 0 Å². The van der Waals surface area contributed by atoms with Crippen LogP contribution in [0.5, 0.6) is 5.75 Å². The molecule has 0 bridgehead atoms. The van der Waals surface area contributed by atoms with Crippen molar-refractivity contribution in [2.75, 3.05) is 43.0 Å². The van der Waals surface area contributed by atoms with Crippen LogP contribution in [0, 0.1) is 0 Å². The molecule has 1 fully saturated rings. The molecule has 0 saturated carbocycles. The van der Waals surface area contributed by atoms with E-state index >= 15 is 0 Å². The molecule has 0 unspecified atom stereocenters.